The molecule has 1 aromatic carbocycles. The molecule has 116 valence electrons. The van der Waals surface area contributed by atoms with Crippen molar-refractivity contribution in [2.75, 3.05) is 24.5 Å². The molecule has 5 heteroatoms. The average molecular weight is 299 g/mol. The van der Waals surface area contributed by atoms with Gasteiger partial charge in [0.15, 0.2) is 0 Å². The van der Waals surface area contributed by atoms with Crippen molar-refractivity contribution in [3.63, 3.8) is 0 Å². The first kappa shape index (κ1) is 13.6. The lowest BCUT2D eigenvalue weighted by Crippen LogP contribution is -2.41. The number of anilines is 1. The van der Waals surface area contributed by atoms with Gasteiger partial charge in [-0.15, -0.1) is 0 Å². The number of amides is 3. The number of carbonyl (C=O) groups excluding carboxylic acids is 2. The molecule has 1 saturated carbocycles. The molecule has 1 aliphatic carbocycles. The van der Waals surface area contributed by atoms with Gasteiger partial charge in [-0.05, 0) is 31.4 Å². The van der Waals surface area contributed by atoms with Crippen LogP contribution in [0, 0.1) is 5.41 Å². The van der Waals surface area contributed by atoms with Crippen molar-refractivity contribution in [1.29, 1.82) is 0 Å². The summed E-state index contributed by atoms with van der Waals surface area (Å²) in [6.07, 6.45) is 3.67. The van der Waals surface area contributed by atoms with Crippen molar-refractivity contribution in [2.45, 2.75) is 31.7 Å². The number of nitrogens with one attached hydrogen (secondary N) is 1. The van der Waals surface area contributed by atoms with Crippen LogP contribution in [0.4, 0.5) is 10.5 Å². The SMILES string of the molecule is O=C(NC1CC1)N1CCC2(CC(=O)N(c3ccccc3)C2)C1. The van der Waals surface area contributed by atoms with Crippen molar-refractivity contribution in [2.24, 2.45) is 5.41 Å². The molecule has 22 heavy (non-hydrogen) atoms. The molecular weight excluding hydrogens is 278 g/mol. The fourth-order valence-electron chi connectivity index (χ4n) is 3.61. The lowest BCUT2D eigenvalue weighted by atomic mass is 9.86. The van der Waals surface area contributed by atoms with E-state index in [0.717, 1.165) is 38.0 Å². The monoisotopic (exact) mass is 299 g/mol. The second-order valence-corrected chi connectivity index (χ2v) is 6.89. The molecule has 1 N–H and O–H groups in total. The molecule has 1 spiro atoms. The Bertz CT molecular complexity index is 599. The number of urea groups is 1. The third-order valence-corrected chi connectivity index (χ3v) is 5.02. The van der Waals surface area contributed by atoms with E-state index in [9.17, 15) is 9.59 Å². The second-order valence-electron chi connectivity index (χ2n) is 6.89. The molecule has 1 atom stereocenters. The van der Waals surface area contributed by atoms with Gasteiger partial charge in [-0.25, -0.2) is 4.79 Å². The number of para-hydroxylation sites is 1. The van der Waals surface area contributed by atoms with Gasteiger partial charge in [-0.2, -0.15) is 0 Å². The number of likely N-dealkylation sites (tertiary alicyclic amines) is 1. The van der Waals surface area contributed by atoms with Crippen LogP contribution in [0.2, 0.25) is 0 Å². The Hall–Kier alpha value is -2.04. The third kappa shape index (κ3) is 2.45. The normalized spacial score (nSPS) is 27.7. The van der Waals surface area contributed by atoms with Crippen LogP contribution in [0.5, 0.6) is 0 Å². The van der Waals surface area contributed by atoms with E-state index >= 15 is 0 Å². The molecule has 0 aromatic heterocycles. The van der Waals surface area contributed by atoms with E-state index in [4.69, 9.17) is 0 Å². The zero-order valence-corrected chi connectivity index (χ0v) is 12.6. The fourth-order valence-corrected chi connectivity index (χ4v) is 3.61. The summed E-state index contributed by atoms with van der Waals surface area (Å²) in [7, 11) is 0. The standard InChI is InChI=1S/C17H21N3O2/c21-15-10-17(12-20(15)14-4-2-1-3-5-14)8-9-19(11-17)16(22)18-13-6-7-13/h1-5,13H,6-12H2,(H,18,22). The summed E-state index contributed by atoms with van der Waals surface area (Å²) in [4.78, 5) is 28.4. The van der Waals surface area contributed by atoms with Gasteiger partial charge in [0.05, 0.1) is 0 Å². The van der Waals surface area contributed by atoms with Crippen LogP contribution in [0.1, 0.15) is 25.7 Å². The minimum atomic E-state index is -0.0617. The molecule has 3 fully saturated rings. The van der Waals surface area contributed by atoms with Gasteiger partial charge in [0.2, 0.25) is 5.91 Å². The zero-order chi connectivity index (χ0) is 15.2. The topological polar surface area (TPSA) is 52.7 Å². The number of rotatable bonds is 2. The van der Waals surface area contributed by atoms with Crippen LogP contribution in [0.15, 0.2) is 30.3 Å². The largest absolute Gasteiger partial charge is 0.335 e. The average Bonchev–Trinajstić information content (AvgIpc) is 3.15. The first-order valence-electron chi connectivity index (χ1n) is 8.06. The highest BCUT2D eigenvalue weighted by molar-refractivity contribution is 5.96. The lowest BCUT2D eigenvalue weighted by molar-refractivity contribution is -0.117. The third-order valence-electron chi connectivity index (χ3n) is 5.02. The molecule has 1 aromatic rings. The molecule has 0 radical (unpaired) electrons. The van der Waals surface area contributed by atoms with Gasteiger partial charge in [0, 0.05) is 43.2 Å². The Kier molecular flexibility index (Phi) is 3.10. The lowest BCUT2D eigenvalue weighted by Gasteiger charge is -2.24. The first-order chi connectivity index (χ1) is 10.7. The van der Waals surface area contributed by atoms with Gasteiger partial charge < -0.3 is 15.1 Å². The van der Waals surface area contributed by atoms with Crippen LogP contribution in [-0.4, -0.2) is 42.5 Å². The van der Waals surface area contributed by atoms with Gasteiger partial charge in [0.1, 0.15) is 0 Å². The molecular formula is C17H21N3O2. The maximum Gasteiger partial charge on any atom is 0.317 e. The minimum absolute atomic E-state index is 0.0463. The van der Waals surface area contributed by atoms with Crippen LogP contribution in [-0.2, 0) is 4.79 Å². The Morgan fingerprint density at radius 2 is 1.95 bits per heavy atom. The fraction of sp³-hybridized carbons (Fsp3) is 0.529. The summed E-state index contributed by atoms with van der Waals surface area (Å²) in [5, 5.41) is 3.04. The number of hydrogen-bond donors (Lipinski definition) is 1. The van der Waals surface area contributed by atoms with Crippen LogP contribution in [0.3, 0.4) is 0 Å². The van der Waals surface area contributed by atoms with Crippen molar-refractivity contribution in [1.82, 2.24) is 10.2 Å². The van der Waals surface area contributed by atoms with Crippen molar-refractivity contribution in [3.8, 4) is 0 Å². The molecule has 0 bridgehead atoms. The smallest absolute Gasteiger partial charge is 0.317 e. The summed E-state index contributed by atoms with van der Waals surface area (Å²) >= 11 is 0. The number of benzene rings is 1. The Morgan fingerprint density at radius 1 is 1.18 bits per heavy atom. The first-order valence-corrected chi connectivity index (χ1v) is 8.06. The van der Waals surface area contributed by atoms with Crippen molar-refractivity contribution < 1.29 is 9.59 Å². The van der Waals surface area contributed by atoms with E-state index in [1.165, 1.54) is 0 Å². The van der Waals surface area contributed by atoms with Crippen molar-refractivity contribution >= 4 is 17.6 Å². The van der Waals surface area contributed by atoms with Gasteiger partial charge in [0.25, 0.3) is 0 Å². The summed E-state index contributed by atoms with van der Waals surface area (Å²) in [6.45, 7) is 2.18. The number of carbonyl (C=O) groups is 2. The molecule has 2 aliphatic heterocycles. The predicted octanol–water partition coefficient (Wildman–Crippen LogP) is 1.99. The summed E-state index contributed by atoms with van der Waals surface area (Å²) in [5.74, 6) is 0.177. The Morgan fingerprint density at radius 3 is 2.68 bits per heavy atom. The minimum Gasteiger partial charge on any atom is -0.335 e. The predicted molar refractivity (Wildman–Crippen MR) is 83.6 cm³/mol. The number of hydrogen-bond acceptors (Lipinski definition) is 2. The van der Waals surface area contributed by atoms with Gasteiger partial charge >= 0.3 is 6.03 Å². The molecule has 5 nitrogen and oxygen atoms in total. The zero-order valence-electron chi connectivity index (χ0n) is 12.6. The quantitative estimate of drug-likeness (QED) is 0.908. The number of nitrogens with zero attached hydrogens (tertiary/aromatic N) is 2. The Labute approximate surface area is 130 Å². The Balaban J connectivity index is 1.45. The van der Waals surface area contributed by atoms with E-state index in [-0.39, 0.29) is 17.4 Å². The van der Waals surface area contributed by atoms with Crippen LogP contribution in [0.25, 0.3) is 0 Å². The van der Waals surface area contributed by atoms with E-state index in [2.05, 4.69) is 5.32 Å². The molecule has 4 rings (SSSR count). The maximum absolute atomic E-state index is 12.4. The summed E-state index contributed by atoms with van der Waals surface area (Å²) in [6, 6.07) is 10.3. The highest BCUT2D eigenvalue weighted by atomic mass is 16.2. The van der Waals surface area contributed by atoms with E-state index in [0.29, 0.717) is 19.0 Å². The molecule has 1 unspecified atom stereocenters. The highest BCUT2D eigenvalue weighted by Gasteiger charge is 2.49. The van der Waals surface area contributed by atoms with Gasteiger partial charge in [-0.3, -0.25) is 4.79 Å². The summed E-state index contributed by atoms with van der Waals surface area (Å²) < 4.78 is 0. The molecule has 2 saturated heterocycles. The maximum atomic E-state index is 12.4. The van der Waals surface area contributed by atoms with Crippen LogP contribution < -0.4 is 10.2 Å². The highest BCUT2D eigenvalue weighted by Crippen LogP contribution is 2.41. The molecule has 2 heterocycles. The van der Waals surface area contributed by atoms with Gasteiger partial charge in [-0.1, -0.05) is 18.2 Å². The van der Waals surface area contributed by atoms with E-state index in [1.54, 1.807) is 0 Å². The van der Waals surface area contributed by atoms with E-state index < -0.39 is 0 Å². The summed E-state index contributed by atoms with van der Waals surface area (Å²) in [5.41, 5.74) is 0.902. The molecule has 3 amide bonds. The van der Waals surface area contributed by atoms with E-state index in [1.807, 2.05) is 40.1 Å². The van der Waals surface area contributed by atoms with Crippen molar-refractivity contribution in [3.05, 3.63) is 30.3 Å². The van der Waals surface area contributed by atoms with Crippen LogP contribution >= 0.6 is 0 Å². The second kappa shape index (κ2) is 5.00. The molecule has 3 aliphatic rings.